The van der Waals surface area contributed by atoms with Crippen molar-refractivity contribution in [3.8, 4) is 5.69 Å². The number of benzene rings is 1. The maximum Gasteiger partial charge on any atom is 0.157 e. The summed E-state index contributed by atoms with van der Waals surface area (Å²) in [6.07, 6.45) is 6.38. The van der Waals surface area contributed by atoms with Gasteiger partial charge < -0.3 is 5.32 Å². The molecule has 0 unspecified atom stereocenters. The first-order valence-corrected chi connectivity index (χ1v) is 8.00. The van der Waals surface area contributed by atoms with Gasteiger partial charge >= 0.3 is 0 Å². The van der Waals surface area contributed by atoms with Crippen LogP contribution in [0.5, 0.6) is 0 Å². The lowest BCUT2D eigenvalue weighted by atomic mass is 10.2. The van der Waals surface area contributed by atoms with Crippen LogP contribution in [0.1, 0.15) is 18.2 Å². The molecule has 3 heterocycles. The molecule has 0 spiro atoms. The summed E-state index contributed by atoms with van der Waals surface area (Å²) in [5.74, 6) is 0.956. The summed E-state index contributed by atoms with van der Waals surface area (Å²) in [5.41, 5.74) is 4.17. The molecular formula is C18H18N6. The fraction of sp³-hybridized carbons (Fsp3) is 0.167. The Balaban J connectivity index is 1.53. The number of rotatable bonds is 5. The van der Waals surface area contributed by atoms with Crippen molar-refractivity contribution in [2.45, 2.75) is 19.9 Å². The van der Waals surface area contributed by atoms with Gasteiger partial charge in [-0.15, -0.1) is 0 Å². The molecule has 1 N–H and O–H groups in total. The topological polar surface area (TPSA) is 60.0 Å². The second-order valence-corrected chi connectivity index (χ2v) is 5.56. The SMILES string of the molecule is CCc1cc(NCc2ccc(-n3cccn3)cc2)n2nccc2n1. The summed E-state index contributed by atoms with van der Waals surface area (Å²) < 4.78 is 3.68. The molecule has 0 aliphatic carbocycles. The van der Waals surface area contributed by atoms with Gasteiger partial charge in [0.25, 0.3) is 0 Å². The molecule has 120 valence electrons. The molecule has 24 heavy (non-hydrogen) atoms. The molecule has 4 aromatic rings. The zero-order chi connectivity index (χ0) is 16.4. The molecule has 0 fully saturated rings. The predicted molar refractivity (Wildman–Crippen MR) is 93.3 cm³/mol. The Morgan fingerprint density at radius 3 is 2.67 bits per heavy atom. The highest BCUT2D eigenvalue weighted by atomic mass is 15.3. The van der Waals surface area contributed by atoms with E-state index >= 15 is 0 Å². The van der Waals surface area contributed by atoms with Crippen molar-refractivity contribution in [1.82, 2.24) is 24.4 Å². The summed E-state index contributed by atoms with van der Waals surface area (Å²) in [6.45, 7) is 2.83. The molecule has 0 radical (unpaired) electrons. The van der Waals surface area contributed by atoms with Crippen LogP contribution in [-0.4, -0.2) is 24.4 Å². The van der Waals surface area contributed by atoms with E-state index in [9.17, 15) is 0 Å². The van der Waals surface area contributed by atoms with E-state index in [4.69, 9.17) is 0 Å². The van der Waals surface area contributed by atoms with Crippen molar-refractivity contribution in [2.24, 2.45) is 0 Å². The lowest BCUT2D eigenvalue weighted by molar-refractivity contribution is 0.878. The van der Waals surface area contributed by atoms with Gasteiger partial charge in [-0.2, -0.15) is 14.7 Å². The molecule has 1 aromatic carbocycles. The summed E-state index contributed by atoms with van der Waals surface area (Å²) in [7, 11) is 0. The quantitative estimate of drug-likeness (QED) is 0.614. The molecular weight excluding hydrogens is 300 g/mol. The van der Waals surface area contributed by atoms with Crippen LogP contribution in [0.3, 0.4) is 0 Å². The second-order valence-electron chi connectivity index (χ2n) is 5.56. The Hall–Kier alpha value is -3.15. The molecule has 0 aliphatic heterocycles. The zero-order valence-corrected chi connectivity index (χ0v) is 13.4. The predicted octanol–water partition coefficient (Wildman–Crippen LogP) is 3.09. The Morgan fingerprint density at radius 1 is 1.04 bits per heavy atom. The summed E-state index contributed by atoms with van der Waals surface area (Å²) in [4.78, 5) is 4.56. The Kier molecular flexibility index (Phi) is 3.70. The molecule has 0 saturated carbocycles. The van der Waals surface area contributed by atoms with Crippen LogP contribution < -0.4 is 5.32 Å². The van der Waals surface area contributed by atoms with Gasteiger partial charge in [-0.05, 0) is 30.2 Å². The number of aromatic nitrogens is 5. The van der Waals surface area contributed by atoms with Gasteiger partial charge in [0, 0.05) is 36.8 Å². The van der Waals surface area contributed by atoms with E-state index in [2.05, 4.69) is 57.8 Å². The number of fused-ring (bicyclic) bond motifs is 1. The minimum absolute atomic E-state index is 0.724. The van der Waals surface area contributed by atoms with Crippen LogP contribution in [0.15, 0.2) is 61.1 Å². The van der Waals surface area contributed by atoms with Crippen LogP contribution in [0.4, 0.5) is 5.82 Å². The van der Waals surface area contributed by atoms with E-state index in [-0.39, 0.29) is 0 Å². The number of nitrogens with one attached hydrogen (secondary N) is 1. The van der Waals surface area contributed by atoms with Gasteiger partial charge in [-0.25, -0.2) is 9.67 Å². The van der Waals surface area contributed by atoms with Gasteiger partial charge in [0.05, 0.1) is 11.9 Å². The summed E-state index contributed by atoms with van der Waals surface area (Å²) in [6, 6.07) is 14.2. The average Bonchev–Trinajstić information content (AvgIpc) is 3.31. The van der Waals surface area contributed by atoms with Crippen LogP contribution in [0, 0.1) is 0 Å². The minimum atomic E-state index is 0.724. The second kappa shape index (κ2) is 6.16. The van der Waals surface area contributed by atoms with E-state index in [1.165, 1.54) is 5.56 Å². The lowest BCUT2D eigenvalue weighted by Crippen LogP contribution is -2.07. The van der Waals surface area contributed by atoms with Crippen molar-refractivity contribution in [2.75, 3.05) is 5.32 Å². The highest BCUT2D eigenvalue weighted by Gasteiger charge is 2.05. The highest BCUT2D eigenvalue weighted by Crippen LogP contribution is 2.15. The van der Waals surface area contributed by atoms with Crippen LogP contribution in [0.25, 0.3) is 11.3 Å². The highest BCUT2D eigenvalue weighted by molar-refractivity contribution is 5.49. The van der Waals surface area contributed by atoms with E-state index in [1.807, 2.05) is 27.5 Å². The molecule has 4 rings (SSSR count). The first-order valence-electron chi connectivity index (χ1n) is 8.00. The number of hydrogen-bond donors (Lipinski definition) is 1. The van der Waals surface area contributed by atoms with Gasteiger partial charge in [-0.3, -0.25) is 0 Å². The number of nitrogens with zero attached hydrogens (tertiary/aromatic N) is 5. The Labute approximate surface area is 139 Å². The van der Waals surface area contributed by atoms with Gasteiger partial charge in [0.2, 0.25) is 0 Å². The third-order valence-corrected chi connectivity index (χ3v) is 3.95. The van der Waals surface area contributed by atoms with E-state index in [0.29, 0.717) is 0 Å². The number of anilines is 1. The lowest BCUT2D eigenvalue weighted by Gasteiger charge is -2.10. The molecule has 0 amide bonds. The first-order chi connectivity index (χ1) is 11.8. The fourth-order valence-corrected chi connectivity index (χ4v) is 2.65. The summed E-state index contributed by atoms with van der Waals surface area (Å²) >= 11 is 0. The van der Waals surface area contributed by atoms with Crippen LogP contribution in [-0.2, 0) is 13.0 Å². The molecule has 0 bridgehead atoms. The van der Waals surface area contributed by atoms with Gasteiger partial charge in [-0.1, -0.05) is 19.1 Å². The number of hydrogen-bond acceptors (Lipinski definition) is 4. The molecule has 0 saturated heterocycles. The first kappa shape index (κ1) is 14.4. The van der Waals surface area contributed by atoms with Crippen molar-refractivity contribution >= 4 is 11.5 Å². The standard InChI is InChI=1S/C18H18N6/c1-2-15-12-18(24-17(22-15)8-10-21-24)19-13-14-4-6-16(7-5-14)23-11-3-9-20-23/h3-12,19H,2,13H2,1H3. The van der Waals surface area contributed by atoms with Crippen LogP contribution in [0.2, 0.25) is 0 Å². The fourth-order valence-electron chi connectivity index (χ4n) is 2.65. The van der Waals surface area contributed by atoms with Crippen molar-refractivity contribution in [3.05, 3.63) is 72.3 Å². The van der Waals surface area contributed by atoms with Gasteiger partial charge in [0.15, 0.2) is 5.65 Å². The van der Waals surface area contributed by atoms with Crippen molar-refractivity contribution < 1.29 is 0 Å². The largest absolute Gasteiger partial charge is 0.366 e. The monoisotopic (exact) mass is 318 g/mol. The zero-order valence-electron chi connectivity index (χ0n) is 13.4. The molecule has 6 heteroatoms. The maximum atomic E-state index is 4.56. The third-order valence-electron chi connectivity index (χ3n) is 3.95. The Bertz CT molecular complexity index is 937. The van der Waals surface area contributed by atoms with E-state index < -0.39 is 0 Å². The third kappa shape index (κ3) is 2.74. The van der Waals surface area contributed by atoms with E-state index in [1.54, 1.807) is 12.4 Å². The van der Waals surface area contributed by atoms with Gasteiger partial charge in [0.1, 0.15) is 5.82 Å². The smallest absolute Gasteiger partial charge is 0.157 e. The van der Waals surface area contributed by atoms with E-state index in [0.717, 1.165) is 35.8 Å². The summed E-state index contributed by atoms with van der Waals surface area (Å²) in [5, 5.41) is 12.0. The van der Waals surface area contributed by atoms with Crippen molar-refractivity contribution in [1.29, 1.82) is 0 Å². The number of aryl methyl sites for hydroxylation is 1. The Morgan fingerprint density at radius 2 is 1.92 bits per heavy atom. The molecule has 3 aromatic heterocycles. The average molecular weight is 318 g/mol. The molecule has 0 aliphatic rings. The normalized spacial score (nSPS) is 11.0. The maximum absolute atomic E-state index is 4.56. The molecule has 6 nitrogen and oxygen atoms in total. The van der Waals surface area contributed by atoms with Crippen molar-refractivity contribution in [3.63, 3.8) is 0 Å². The minimum Gasteiger partial charge on any atom is -0.366 e. The molecule has 0 atom stereocenters. The van der Waals surface area contributed by atoms with Crippen LogP contribution >= 0.6 is 0 Å².